The lowest BCUT2D eigenvalue weighted by molar-refractivity contribution is -0.666. The fourth-order valence-corrected chi connectivity index (χ4v) is 4.74. The number of nitrogens with zero attached hydrogens (tertiary/aromatic N) is 2. The maximum Gasteiger partial charge on any atom is 0.216 e. The van der Waals surface area contributed by atoms with Crippen molar-refractivity contribution in [2.45, 2.75) is 40.5 Å². The highest BCUT2D eigenvalue weighted by Crippen LogP contribution is 2.44. The third-order valence-corrected chi connectivity index (χ3v) is 6.73. The molecule has 5 aromatic rings. The predicted molar refractivity (Wildman–Crippen MR) is 140 cm³/mol. The molecule has 0 atom stereocenters. The molecule has 2 aromatic heterocycles. The van der Waals surface area contributed by atoms with Crippen LogP contribution >= 0.6 is 0 Å². The second kappa shape index (κ2) is 8.15. The van der Waals surface area contributed by atoms with Gasteiger partial charge in [0, 0.05) is 35.3 Å². The smallest absolute Gasteiger partial charge is 0.216 e. The van der Waals surface area contributed by atoms with E-state index in [1.54, 1.807) is 0 Å². The van der Waals surface area contributed by atoms with Crippen molar-refractivity contribution in [2.75, 3.05) is 0 Å². The second-order valence-corrected chi connectivity index (χ2v) is 9.33. The summed E-state index contributed by atoms with van der Waals surface area (Å²) in [7, 11) is 1.90. The number of fused-ring (bicyclic) bond motifs is 3. The fraction of sp³-hybridized carbons (Fsp3) is 0.226. The fourth-order valence-electron chi connectivity index (χ4n) is 4.74. The van der Waals surface area contributed by atoms with Gasteiger partial charge in [-0.3, -0.25) is 0 Å². The van der Waals surface area contributed by atoms with Crippen LogP contribution in [0.25, 0.3) is 49.2 Å². The average molecular weight is 448 g/mol. The van der Waals surface area contributed by atoms with Crippen molar-refractivity contribution in [3.63, 3.8) is 0 Å². The van der Waals surface area contributed by atoms with Crippen LogP contribution in [0.3, 0.4) is 0 Å². The molecule has 5 rings (SSSR count). The molecule has 2 heterocycles. The monoisotopic (exact) mass is 447 g/mol. The molecule has 0 aliphatic rings. The molecule has 0 saturated carbocycles. The van der Waals surface area contributed by atoms with Crippen molar-refractivity contribution in [2.24, 2.45) is 7.05 Å². The van der Waals surface area contributed by atoms with Crippen LogP contribution in [0, 0.1) is 27.3 Å². The molecule has 0 radical (unpaired) electrons. The van der Waals surface area contributed by atoms with Crippen LogP contribution < -0.4 is 4.57 Å². The number of hydrogen-bond donors (Lipinski definition) is 0. The Kier molecular flexibility index (Phi) is 4.69. The molecule has 168 valence electrons. The van der Waals surface area contributed by atoms with E-state index in [4.69, 9.17) is 13.7 Å². The van der Waals surface area contributed by atoms with Crippen LogP contribution in [0.15, 0.2) is 65.0 Å². The highest BCUT2D eigenvalue weighted by molar-refractivity contribution is 6.15. The molecule has 0 amide bonds. The van der Waals surface area contributed by atoms with Gasteiger partial charge in [-0.1, -0.05) is 62.4 Å². The van der Waals surface area contributed by atoms with Gasteiger partial charge in [-0.2, -0.15) is 4.57 Å². The van der Waals surface area contributed by atoms with Gasteiger partial charge in [0.2, 0.25) is 5.69 Å². The largest absolute Gasteiger partial charge is 0.456 e. The Morgan fingerprint density at radius 2 is 1.53 bits per heavy atom. The van der Waals surface area contributed by atoms with Crippen LogP contribution in [0.4, 0.5) is 5.69 Å². The number of rotatable bonds is 3. The minimum Gasteiger partial charge on any atom is -0.456 e. The maximum atomic E-state index is 8.89. The first-order valence-corrected chi connectivity index (χ1v) is 11.6. The first-order valence-electron chi connectivity index (χ1n) is 12.6. The van der Waals surface area contributed by atoms with E-state index in [0.29, 0.717) is 40.4 Å². The van der Waals surface area contributed by atoms with Gasteiger partial charge < -0.3 is 4.42 Å². The first kappa shape index (κ1) is 19.6. The Hall–Kier alpha value is -3.90. The molecular formula is C31H29N2O+. The molecule has 0 unspecified atom stereocenters. The van der Waals surface area contributed by atoms with Crippen molar-refractivity contribution in [3.05, 3.63) is 94.4 Å². The van der Waals surface area contributed by atoms with Gasteiger partial charge in [0.1, 0.15) is 18.2 Å². The Bertz CT molecular complexity index is 1690. The lowest BCUT2D eigenvalue weighted by Gasteiger charge is -2.09. The second-order valence-electron chi connectivity index (χ2n) is 9.33. The van der Waals surface area contributed by atoms with Gasteiger partial charge in [-0.25, -0.2) is 4.85 Å². The summed E-state index contributed by atoms with van der Waals surface area (Å²) in [5.41, 5.74) is 8.95. The summed E-state index contributed by atoms with van der Waals surface area (Å²) in [4.78, 5) is 3.82. The zero-order valence-electron chi connectivity index (χ0n) is 22.5. The molecule has 0 N–H and O–H groups in total. The molecule has 34 heavy (non-hydrogen) atoms. The van der Waals surface area contributed by atoms with E-state index < -0.39 is 0 Å². The molecule has 0 fully saturated rings. The maximum absolute atomic E-state index is 8.89. The van der Waals surface area contributed by atoms with Crippen molar-refractivity contribution in [1.82, 2.24) is 0 Å². The van der Waals surface area contributed by atoms with Gasteiger partial charge in [-0.15, -0.1) is 0 Å². The molecule has 3 heteroatoms. The third kappa shape index (κ3) is 3.38. The van der Waals surface area contributed by atoms with Crippen LogP contribution in [0.2, 0.25) is 0 Å². The molecule has 3 nitrogen and oxygen atoms in total. The molecule has 0 bridgehead atoms. The first-order chi connectivity index (χ1) is 17.1. The predicted octanol–water partition coefficient (Wildman–Crippen LogP) is 8.34. The summed E-state index contributed by atoms with van der Waals surface area (Å²) in [6.07, 6.45) is 0. The topological polar surface area (TPSA) is 21.4 Å². The number of hydrogen-bond acceptors (Lipinski definition) is 1. The average Bonchev–Trinajstić information content (AvgIpc) is 3.25. The van der Waals surface area contributed by atoms with Crippen molar-refractivity contribution in [3.8, 4) is 22.4 Å². The molecule has 0 saturated heterocycles. The minimum absolute atomic E-state index is 0.329. The summed E-state index contributed by atoms with van der Waals surface area (Å²) in [6.45, 7) is 17.9. The lowest BCUT2D eigenvalue weighted by atomic mass is 9.96. The number of aryl methyl sites for hydroxylation is 1. The number of aromatic nitrogens is 1. The number of pyridine rings is 1. The standard InChI is InChI=1S/C31H29N2O/c1-18(2)22-9-11-23(12-10-22)29-26(32-6)15-14-25-24-13-8-20(4)28(30(24)34-31(25)29)27-17-19(3)16-21(5)33(27)7/h8-18H,1-5,7H3/q+1/i16D,17D. The normalized spacial score (nSPS) is 12.3. The number of furan rings is 1. The van der Waals surface area contributed by atoms with Crippen molar-refractivity contribution >= 4 is 27.6 Å². The lowest BCUT2D eigenvalue weighted by Crippen LogP contribution is -2.35. The molecule has 0 aliphatic heterocycles. The van der Waals surface area contributed by atoms with Gasteiger partial charge in [-0.05, 0) is 42.0 Å². The quantitative estimate of drug-likeness (QED) is 0.201. The molecule has 3 aromatic carbocycles. The van der Waals surface area contributed by atoms with E-state index in [9.17, 15) is 0 Å². The summed E-state index contributed by atoms with van der Waals surface area (Å²) in [5.74, 6) is 0.425. The van der Waals surface area contributed by atoms with E-state index in [-0.39, 0.29) is 0 Å². The Morgan fingerprint density at radius 3 is 2.18 bits per heavy atom. The van der Waals surface area contributed by atoms with Crippen LogP contribution in [0.5, 0.6) is 0 Å². The van der Waals surface area contributed by atoms with E-state index in [1.165, 1.54) is 5.56 Å². The molecule has 0 aliphatic carbocycles. The summed E-state index contributed by atoms with van der Waals surface area (Å²) in [6, 6.07) is 17.0. The van der Waals surface area contributed by atoms with Crippen molar-refractivity contribution < 1.29 is 11.7 Å². The molecular weight excluding hydrogens is 416 g/mol. The van der Waals surface area contributed by atoms with E-state index in [0.717, 1.165) is 44.4 Å². The zero-order valence-corrected chi connectivity index (χ0v) is 20.5. The van der Waals surface area contributed by atoms with E-state index in [2.05, 4.69) is 55.1 Å². The number of benzene rings is 3. The van der Waals surface area contributed by atoms with E-state index in [1.807, 2.05) is 44.5 Å². The highest BCUT2D eigenvalue weighted by atomic mass is 16.3. The van der Waals surface area contributed by atoms with Gasteiger partial charge >= 0.3 is 0 Å². The highest BCUT2D eigenvalue weighted by Gasteiger charge is 2.24. The molecule has 0 spiro atoms. The van der Waals surface area contributed by atoms with Gasteiger partial charge in [0.05, 0.1) is 14.9 Å². The van der Waals surface area contributed by atoms with Gasteiger partial charge in [0.15, 0.2) is 11.4 Å². The summed E-state index contributed by atoms with van der Waals surface area (Å²) < 4.78 is 25.9. The van der Waals surface area contributed by atoms with Crippen molar-refractivity contribution in [1.29, 1.82) is 0 Å². The minimum atomic E-state index is 0.329. The Balaban J connectivity index is 1.89. The van der Waals surface area contributed by atoms with Crippen LogP contribution in [-0.2, 0) is 7.05 Å². The SMILES string of the molecule is [2H]c1c(C)c([2H])c(-c2c(C)ccc3c2oc2c(-c4ccc(C(C)C)cc4)c([N+]#[C-])ccc23)[n+](C)c1C. The van der Waals surface area contributed by atoms with Gasteiger partial charge in [0.25, 0.3) is 0 Å². The Morgan fingerprint density at radius 1 is 0.882 bits per heavy atom. The third-order valence-electron chi connectivity index (χ3n) is 6.73. The van der Waals surface area contributed by atoms with Crippen LogP contribution in [-0.4, -0.2) is 0 Å². The Labute approximate surface area is 203 Å². The van der Waals surface area contributed by atoms with Crippen LogP contribution in [0.1, 0.15) is 44.9 Å². The summed E-state index contributed by atoms with van der Waals surface area (Å²) in [5, 5.41) is 1.90. The van der Waals surface area contributed by atoms with E-state index >= 15 is 0 Å². The zero-order chi connectivity index (χ0) is 25.9. The summed E-state index contributed by atoms with van der Waals surface area (Å²) >= 11 is 0.